The van der Waals surface area contributed by atoms with E-state index >= 15 is 0 Å². The topological polar surface area (TPSA) is 111 Å². The summed E-state index contributed by atoms with van der Waals surface area (Å²) in [6.45, 7) is 0. The van der Waals surface area contributed by atoms with Gasteiger partial charge >= 0.3 is 5.97 Å². The minimum atomic E-state index is -4.06. The number of carboxylic acid groups (broad SMARTS) is 1. The fraction of sp³-hybridized carbons (Fsp3) is 0.182. The quantitative estimate of drug-likeness (QED) is 0.820. The SMILES string of the molecule is CS(=O)(=O)C1(c2cccnc2)OC(C(=O)O)=CC1=O. The fourth-order valence-corrected chi connectivity index (χ4v) is 3.00. The molecule has 1 aromatic heterocycles. The Morgan fingerprint density at radius 3 is 2.58 bits per heavy atom. The molecule has 1 aliphatic heterocycles. The van der Waals surface area contributed by atoms with Crippen LogP contribution in [0.4, 0.5) is 0 Å². The molecular formula is C11H9NO6S. The summed E-state index contributed by atoms with van der Waals surface area (Å²) in [6, 6.07) is 2.77. The summed E-state index contributed by atoms with van der Waals surface area (Å²) < 4.78 is 28.8. The number of aliphatic carboxylic acids is 1. The Bertz CT molecular complexity index is 678. The number of hydrogen-bond acceptors (Lipinski definition) is 6. The molecule has 0 amide bonds. The van der Waals surface area contributed by atoms with E-state index in [9.17, 15) is 18.0 Å². The number of carbonyl (C=O) groups excluding carboxylic acids is 1. The van der Waals surface area contributed by atoms with Crippen molar-refractivity contribution >= 4 is 21.6 Å². The van der Waals surface area contributed by atoms with Crippen LogP contribution in [0.25, 0.3) is 0 Å². The third-order valence-corrected chi connectivity index (χ3v) is 4.18. The van der Waals surface area contributed by atoms with Crippen molar-refractivity contribution in [3.63, 3.8) is 0 Å². The maximum atomic E-state index is 12.0. The van der Waals surface area contributed by atoms with Crippen LogP contribution in [0.2, 0.25) is 0 Å². The second-order valence-electron chi connectivity index (χ2n) is 3.91. The van der Waals surface area contributed by atoms with Crippen LogP contribution in [0.1, 0.15) is 5.56 Å². The van der Waals surface area contributed by atoms with Crippen molar-refractivity contribution in [3.8, 4) is 0 Å². The first-order valence-corrected chi connectivity index (χ1v) is 6.96. The molecule has 1 unspecified atom stereocenters. The lowest BCUT2D eigenvalue weighted by Crippen LogP contribution is -2.41. The highest BCUT2D eigenvalue weighted by atomic mass is 32.2. The molecule has 0 fully saturated rings. The number of sulfone groups is 1. The number of nitrogens with zero attached hydrogens (tertiary/aromatic N) is 1. The molecule has 0 aliphatic carbocycles. The van der Waals surface area contributed by atoms with E-state index in [1.165, 1.54) is 18.3 Å². The Hall–Kier alpha value is -2.22. The molecule has 1 aliphatic rings. The molecule has 0 radical (unpaired) electrons. The summed E-state index contributed by atoms with van der Waals surface area (Å²) in [4.78, 5) is 24.2. The number of ketones is 1. The van der Waals surface area contributed by atoms with Crippen molar-refractivity contribution in [2.45, 2.75) is 4.93 Å². The van der Waals surface area contributed by atoms with Gasteiger partial charge in [0.25, 0.3) is 4.93 Å². The highest BCUT2D eigenvalue weighted by Crippen LogP contribution is 2.39. The minimum absolute atomic E-state index is 0.0324. The van der Waals surface area contributed by atoms with Gasteiger partial charge in [-0.05, 0) is 6.07 Å². The van der Waals surface area contributed by atoms with Gasteiger partial charge in [0.05, 0.1) is 0 Å². The summed E-state index contributed by atoms with van der Waals surface area (Å²) in [5.74, 6) is -3.18. The molecule has 19 heavy (non-hydrogen) atoms. The van der Waals surface area contributed by atoms with Gasteiger partial charge in [-0.25, -0.2) is 13.2 Å². The van der Waals surface area contributed by atoms with Gasteiger partial charge in [0.15, 0.2) is 0 Å². The number of ether oxygens (including phenoxy) is 1. The molecule has 0 saturated heterocycles. The fourth-order valence-electron chi connectivity index (χ4n) is 1.79. The third kappa shape index (κ3) is 1.89. The number of carbonyl (C=O) groups is 2. The van der Waals surface area contributed by atoms with Crippen LogP contribution in [0.3, 0.4) is 0 Å². The maximum Gasteiger partial charge on any atom is 0.371 e. The van der Waals surface area contributed by atoms with Crippen molar-refractivity contribution in [1.29, 1.82) is 0 Å². The van der Waals surface area contributed by atoms with E-state index in [0.717, 1.165) is 12.5 Å². The van der Waals surface area contributed by atoms with Crippen LogP contribution in [0.5, 0.6) is 0 Å². The first-order valence-electron chi connectivity index (χ1n) is 5.07. The number of carboxylic acids is 1. The molecule has 2 heterocycles. The Kier molecular flexibility index (Phi) is 2.90. The number of hydrogen-bond donors (Lipinski definition) is 1. The molecular weight excluding hydrogens is 274 g/mol. The van der Waals surface area contributed by atoms with E-state index in [2.05, 4.69) is 4.98 Å². The smallest absolute Gasteiger partial charge is 0.371 e. The molecule has 100 valence electrons. The van der Waals surface area contributed by atoms with E-state index in [0.29, 0.717) is 6.08 Å². The van der Waals surface area contributed by atoms with Crippen LogP contribution in [-0.4, -0.2) is 36.5 Å². The largest absolute Gasteiger partial charge is 0.475 e. The standard InChI is InChI=1S/C11H9NO6S/c1-19(16,17)11(7-3-2-4-12-6-7)9(13)5-8(18-11)10(14)15/h2-6H,1H3,(H,14,15). The first-order chi connectivity index (χ1) is 8.79. The summed E-state index contributed by atoms with van der Waals surface area (Å²) in [6.07, 6.45) is 4.01. The van der Waals surface area contributed by atoms with Gasteiger partial charge in [0, 0.05) is 30.3 Å². The average molecular weight is 283 g/mol. The van der Waals surface area contributed by atoms with E-state index in [4.69, 9.17) is 9.84 Å². The third-order valence-electron chi connectivity index (χ3n) is 2.61. The summed E-state index contributed by atoms with van der Waals surface area (Å²) in [5, 5.41) is 8.82. The molecule has 0 spiro atoms. The van der Waals surface area contributed by atoms with Gasteiger partial charge in [-0.3, -0.25) is 9.78 Å². The van der Waals surface area contributed by atoms with Crippen molar-refractivity contribution in [3.05, 3.63) is 41.9 Å². The number of aromatic nitrogens is 1. The Morgan fingerprint density at radius 2 is 2.16 bits per heavy atom. The monoisotopic (exact) mass is 283 g/mol. The number of pyridine rings is 1. The summed E-state index contributed by atoms with van der Waals surface area (Å²) in [7, 11) is -4.06. The average Bonchev–Trinajstić information content (AvgIpc) is 2.69. The van der Waals surface area contributed by atoms with Gasteiger partial charge in [-0.15, -0.1) is 0 Å². The Labute approximate surface area is 108 Å². The highest BCUT2D eigenvalue weighted by Gasteiger charge is 2.56. The minimum Gasteiger partial charge on any atom is -0.475 e. The summed E-state index contributed by atoms with van der Waals surface area (Å²) in [5.41, 5.74) is -0.0324. The summed E-state index contributed by atoms with van der Waals surface area (Å²) >= 11 is 0. The molecule has 7 nitrogen and oxygen atoms in total. The second-order valence-corrected chi connectivity index (χ2v) is 6.03. The Balaban J connectivity index is 2.66. The zero-order valence-corrected chi connectivity index (χ0v) is 10.5. The zero-order chi connectivity index (χ0) is 14.3. The van der Waals surface area contributed by atoms with Gasteiger partial charge < -0.3 is 9.84 Å². The van der Waals surface area contributed by atoms with Gasteiger partial charge in [0.2, 0.25) is 21.4 Å². The van der Waals surface area contributed by atoms with Crippen molar-refractivity contribution in [1.82, 2.24) is 4.98 Å². The highest BCUT2D eigenvalue weighted by molar-refractivity contribution is 7.92. The molecule has 1 N–H and O–H groups in total. The molecule has 0 saturated carbocycles. The van der Waals surface area contributed by atoms with Crippen LogP contribution < -0.4 is 0 Å². The van der Waals surface area contributed by atoms with Crippen molar-refractivity contribution < 1.29 is 27.9 Å². The molecule has 1 atom stereocenters. The van der Waals surface area contributed by atoms with Crippen molar-refractivity contribution in [2.24, 2.45) is 0 Å². The number of rotatable bonds is 3. The second kappa shape index (κ2) is 4.16. The van der Waals surface area contributed by atoms with Gasteiger partial charge in [-0.2, -0.15) is 0 Å². The van der Waals surface area contributed by atoms with Crippen LogP contribution in [0.15, 0.2) is 36.4 Å². The van der Waals surface area contributed by atoms with E-state index in [1.807, 2.05) is 0 Å². The lowest BCUT2D eigenvalue weighted by atomic mass is 10.1. The molecule has 8 heteroatoms. The molecule has 2 rings (SSSR count). The zero-order valence-electron chi connectivity index (χ0n) is 9.73. The first kappa shape index (κ1) is 13.2. The molecule has 0 bridgehead atoms. The van der Waals surface area contributed by atoms with Crippen LogP contribution in [-0.2, 0) is 29.1 Å². The lowest BCUT2D eigenvalue weighted by Gasteiger charge is -2.25. The predicted octanol–water partition coefficient (Wildman–Crippen LogP) is -0.153. The van der Waals surface area contributed by atoms with Gasteiger partial charge in [0.1, 0.15) is 0 Å². The van der Waals surface area contributed by atoms with E-state index in [-0.39, 0.29) is 5.56 Å². The van der Waals surface area contributed by atoms with E-state index < -0.39 is 32.3 Å². The van der Waals surface area contributed by atoms with Crippen LogP contribution in [0, 0.1) is 0 Å². The van der Waals surface area contributed by atoms with Crippen LogP contribution >= 0.6 is 0 Å². The molecule has 1 aromatic rings. The molecule has 0 aromatic carbocycles. The lowest BCUT2D eigenvalue weighted by molar-refractivity contribution is -0.138. The predicted molar refractivity (Wildman–Crippen MR) is 62.6 cm³/mol. The van der Waals surface area contributed by atoms with Gasteiger partial charge in [-0.1, -0.05) is 6.07 Å². The Morgan fingerprint density at radius 1 is 1.47 bits per heavy atom. The maximum absolute atomic E-state index is 12.0. The van der Waals surface area contributed by atoms with E-state index in [1.54, 1.807) is 0 Å². The van der Waals surface area contributed by atoms with Crippen molar-refractivity contribution in [2.75, 3.05) is 6.26 Å². The normalized spacial score (nSPS) is 22.8.